The average molecular weight is 344 g/mol. The van der Waals surface area contributed by atoms with Gasteiger partial charge in [-0.05, 0) is 30.3 Å². The molecule has 0 radical (unpaired) electrons. The molecular weight excluding hydrogens is 330 g/mol. The van der Waals surface area contributed by atoms with Crippen LogP contribution >= 0.6 is 12.4 Å². The molecule has 0 spiro atoms. The number of halogens is 1. The number of aromatic nitrogens is 1. The molecule has 0 fully saturated rings. The van der Waals surface area contributed by atoms with Crippen LogP contribution in [0.2, 0.25) is 0 Å². The van der Waals surface area contributed by atoms with Crippen molar-refractivity contribution in [3.63, 3.8) is 0 Å². The first-order valence-corrected chi connectivity index (χ1v) is 7.45. The van der Waals surface area contributed by atoms with E-state index in [1.165, 1.54) is 24.3 Å². The lowest BCUT2D eigenvalue weighted by molar-refractivity contribution is 0.155. The lowest BCUT2D eigenvalue weighted by Gasteiger charge is -2.07. The Kier molecular flexibility index (Phi) is 6.29. The standard InChI is InChI=1S/C13H13N3O4S.ClH/c14-21(18,19)12-5-3-11(4-6-12)16-13(17)20-9-10-2-1-7-15-8-10;/h1-8H,9H2,(H,16,17)(H2,14,18,19);1H. The first kappa shape index (κ1) is 17.9. The SMILES string of the molecule is Cl.NS(=O)(=O)c1ccc(NC(=O)OCc2cccnc2)cc1. The van der Waals surface area contributed by atoms with Crippen molar-refractivity contribution in [2.24, 2.45) is 5.14 Å². The van der Waals surface area contributed by atoms with E-state index in [-0.39, 0.29) is 23.9 Å². The second-order valence-corrected chi connectivity index (χ2v) is 5.69. The summed E-state index contributed by atoms with van der Waals surface area (Å²) >= 11 is 0. The van der Waals surface area contributed by atoms with Crippen molar-refractivity contribution < 1.29 is 17.9 Å². The molecule has 0 bridgehead atoms. The molecular formula is C13H14ClN3O4S. The zero-order valence-corrected chi connectivity index (χ0v) is 12.9. The van der Waals surface area contributed by atoms with Gasteiger partial charge in [-0.25, -0.2) is 18.4 Å². The number of amides is 1. The predicted octanol–water partition coefficient (Wildman–Crippen LogP) is 1.90. The van der Waals surface area contributed by atoms with Crippen LogP contribution < -0.4 is 10.5 Å². The molecule has 118 valence electrons. The molecule has 0 aliphatic rings. The van der Waals surface area contributed by atoms with Gasteiger partial charge in [0.25, 0.3) is 0 Å². The molecule has 22 heavy (non-hydrogen) atoms. The molecule has 2 rings (SSSR count). The molecule has 1 aromatic carbocycles. The maximum absolute atomic E-state index is 11.6. The van der Waals surface area contributed by atoms with E-state index in [1.807, 2.05) is 0 Å². The minimum atomic E-state index is -3.75. The fraction of sp³-hybridized carbons (Fsp3) is 0.0769. The lowest BCUT2D eigenvalue weighted by Crippen LogP contribution is -2.14. The quantitative estimate of drug-likeness (QED) is 0.880. The van der Waals surface area contributed by atoms with Gasteiger partial charge in [-0.3, -0.25) is 10.3 Å². The normalized spacial score (nSPS) is 10.4. The van der Waals surface area contributed by atoms with Gasteiger partial charge in [0.2, 0.25) is 10.0 Å². The second kappa shape index (κ2) is 7.74. The number of primary sulfonamides is 1. The minimum absolute atomic E-state index is 0. The van der Waals surface area contributed by atoms with Crippen molar-refractivity contribution in [3.8, 4) is 0 Å². The van der Waals surface area contributed by atoms with Gasteiger partial charge < -0.3 is 4.74 Å². The summed E-state index contributed by atoms with van der Waals surface area (Å²) in [5.74, 6) is 0. The number of nitrogens with one attached hydrogen (secondary N) is 1. The monoisotopic (exact) mass is 343 g/mol. The number of nitrogens with zero attached hydrogens (tertiary/aromatic N) is 1. The third-order valence-corrected chi connectivity index (χ3v) is 3.45. The highest BCUT2D eigenvalue weighted by Gasteiger charge is 2.08. The summed E-state index contributed by atoms with van der Waals surface area (Å²) in [7, 11) is -3.75. The van der Waals surface area contributed by atoms with E-state index in [4.69, 9.17) is 9.88 Å². The summed E-state index contributed by atoms with van der Waals surface area (Å²) in [4.78, 5) is 15.4. The van der Waals surface area contributed by atoms with Crippen molar-refractivity contribution >= 4 is 34.2 Å². The van der Waals surface area contributed by atoms with E-state index in [1.54, 1.807) is 24.5 Å². The number of nitrogens with two attached hydrogens (primary N) is 1. The van der Waals surface area contributed by atoms with Crippen LogP contribution in [0.25, 0.3) is 0 Å². The van der Waals surface area contributed by atoms with Gasteiger partial charge in [-0.15, -0.1) is 12.4 Å². The Morgan fingerprint density at radius 2 is 1.91 bits per heavy atom. The fourth-order valence-corrected chi connectivity index (χ4v) is 2.03. The Balaban J connectivity index is 0.00000242. The second-order valence-electron chi connectivity index (χ2n) is 4.13. The zero-order chi connectivity index (χ0) is 15.3. The summed E-state index contributed by atoms with van der Waals surface area (Å²) in [6.45, 7) is 0.0922. The Morgan fingerprint density at radius 3 is 2.45 bits per heavy atom. The van der Waals surface area contributed by atoms with Gasteiger partial charge >= 0.3 is 6.09 Å². The Labute approximate surface area is 134 Å². The summed E-state index contributed by atoms with van der Waals surface area (Å²) in [5.41, 5.74) is 1.16. The smallest absolute Gasteiger partial charge is 0.411 e. The van der Waals surface area contributed by atoms with Crippen molar-refractivity contribution in [2.75, 3.05) is 5.32 Å². The fourth-order valence-electron chi connectivity index (χ4n) is 1.51. The molecule has 3 N–H and O–H groups in total. The van der Waals surface area contributed by atoms with Gasteiger partial charge in [0.15, 0.2) is 0 Å². The molecule has 0 unspecified atom stereocenters. The molecule has 0 atom stereocenters. The summed E-state index contributed by atoms with van der Waals surface area (Å²) in [6.07, 6.45) is 2.56. The number of ether oxygens (including phenoxy) is 1. The van der Waals surface area contributed by atoms with Crippen LogP contribution in [0.15, 0.2) is 53.7 Å². The molecule has 9 heteroatoms. The zero-order valence-electron chi connectivity index (χ0n) is 11.3. The summed E-state index contributed by atoms with van der Waals surface area (Å²) in [5, 5.41) is 7.45. The molecule has 0 saturated carbocycles. The van der Waals surface area contributed by atoms with Crippen molar-refractivity contribution in [3.05, 3.63) is 54.4 Å². The van der Waals surface area contributed by atoms with E-state index in [9.17, 15) is 13.2 Å². The molecule has 7 nitrogen and oxygen atoms in total. The molecule has 0 aliphatic heterocycles. The number of hydrogen-bond donors (Lipinski definition) is 2. The Hall–Kier alpha value is -2.16. The predicted molar refractivity (Wildman–Crippen MR) is 83.1 cm³/mol. The van der Waals surface area contributed by atoms with Crippen LogP contribution in [0.3, 0.4) is 0 Å². The number of carbonyl (C=O) groups is 1. The van der Waals surface area contributed by atoms with Crippen molar-refractivity contribution in [1.29, 1.82) is 0 Å². The van der Waals surface area contributed by atoms with E-state index < -0.39 is 16.1 Å². The first-order chi connectivity index (χ1) is 9.95. The average Bonchev–Trinajstić information content (AvgIpc) is 2.46. The Bertz CT molecular complexity index is 721. The molecule has 2 aromatic rings. The van der Waals surface area contributed by atoms with Crippen LogP contribution in [-0.2, 0) is 21.4 Å². The number of hydrogen-bond acceptors (Lipinski definition) is 5. The van der Waals surface area contributed by atoms with E-state index >= 15 is 0 Å². The summed E-state index contributed by atoms with van der Waals surface area (Å²) in [6, 6.07) is 8.96. The van der Waals surface area contributed by atoms with Gasteiger partial charge in [0, 0.05) is 23.6 Å². The largest absolute Gasteiger partial charge is 0.444 e. The van der Waals surface area contributed by atoms with Crippen LogP contribution in [0.4, 0.5) is 10.5 Å². The van der Waals surface area contributed by atoms with Gasteiger partial charge in [0.1, 0.15) is 6.61 Å². The molecule has 1 aromatic heterocycles. The maximum atomic E-state index is 11.6. The van der Waals surface area contributed by atoms with Crippen molar-refractivity contribution in [2.45, 2.75) is 11.5 Å². The van der Waals surface area contributed by atoms with E-state index in [2.05, 4.69) is 10.3 Å². The number of benzene rings is 1. The molecule has 1 heterocycles. The van der Waals surface area contributed by atoms with Crippen molar-refractivity contribution in [1.82, 2.24) is 4.98 Å². The van der Waals surface area contributed by atoms with Gasteiger partial charge in [0.05, 0.1) is 4.90 Å². The van der Waals surface area contributed by atoms with Gasteiger partial charge in [-0.2, -0.15) is 0 Å². The van der Waals surface area contributed by atoms with Gasteiger partial charge in [-0.1, -0.05) is 6.07 Å². The number of rotatable bonds is 4. The topological polar surface area (TPSA) is 111 Å². The van der Waals surface area contributed by atoms with Crippen LogP contribution in [-0.4, -0.2) is 19.5 Å². The van der Waals surface area contributed by atoms with E-state index in [0.717, 1.165) is 5.56 Å². The highest BCUT2D eigenvalue weighted by Crippen LogP contribution is 2.13. The Morgan fingerprint density at radius 1 is 1.23 bits per heavy atom. The molecule has 1 amide bonds. The third-order valence-electron chi connectivity index (χ3n) is 2.52. The van der Waals surface area contributed by atoms with Crippen LogP contribution in [0.5, 0.6) is 0 Å². The highest BCUT2D eigenvalue weighted by atomic mass is 35.5. The number of carbonyl (C=O) groups excluding carboxylic acids is 1. The maximum Gasteiger partial charge on any atom is 0.411 e. The number of pyridine rings is 1. The van der Waals surface area contributed by atoms with Crippen LogP contribution in [0.1, 0.15) is 5.56 Å². The third kappa shape index (κ3) is 5.32. The number of sulfonamides is 1. The van der Waals surface area contributed by atoms with E-state index in [0.29, 0.717) is 5.69 Å². The number of anilines is 1. The summed E-state index contributed by atoms with van der Waals surface area (Å²) < 4.78 is 27.2. The molecule has 0 aliphatic carbocycles. The molecule has 0 saturated heterocycles. The van der Waals surface area contributed by atoms with Crippen LogP contribution in [0, 0.1) is 0 Å². The minimum Gasteiger partial charge on any atom is -0.444 e. The lowest BCUT2D eigenvalue weighted by atomic mass is 10.3. The first-order valence-electron chi connectivity index (χ1n) is 5.91. The highest BCUT2D eigenvalue weighted by molar-refractivity contribution is 7.89.